The Morgan fingerprint density at radius 3 is 1.31 bits per heavy atom. The van der Waals surface area contributed by atoms with Crippen molar-refractivity contribution in [3.63, 3.8) is 0 Å². The predicted octanol–water partition coefficient (Wildman–Crippen LogP) is -3.19. The van der Waals surface area contributed by atoms with Gasteiger partial charge < -0.3 is 55.1 Å². The zero-order valence-corrected chi connectivity index (χ0v) is 33.3. The van der Waals surface area contributed by atoms with Crippen LogP contribution in [0.1, 0.15) is 5.56 Å². The molecule has 286 valence electrons. The minimum atomic E-state index is -0.923. The van der Waals surface area contributed by atoms with Gasteiger partial charge in [0.05, 0.1) is 54.7 Å². The number of aromatic nitrogens is 2. The van der Waals surface area contributed by atoms with Crippen molar-refractivity contribution in [1.82, 2.24) is 9.13 Å². The Balaban J connectivity index is 1.43. The molecule has 9 N–H and O–H groups in total. The summed E-state index contributed by atoms with van der Waals surface area (Å²) in [6, 6.07) is 10.9. The zero-order valence-electron chi connectivity index (χ0n) is 33.3. The molecule has 0 aliphatic carbocycles. The smallest absolute Gasteiger partial charge is 0.142 e. The summed E-state index contributed by atoms with van der Waals surface area (Å²) < 4.78 is 2.51. The van der Waals surface area contributed by atoms with Gasteiger partial charge in [0.15, 0.2) is 0 Å². The van der Waals surface area contributed by atoms with Crippen LogP contribution in [0.2, 0.25) is 0 Å². The third-order valence-electron chi connectivity index (χ3n) is 11.8. The van der Waals surface area contributed by atoms with Crippen LogP contribution in [0.15, 0.2) is 48.5 Å². The van der Waals surface area contributed by atoms with Crippen molar-refractivity contribution in [1.29, 1.82) is 0 Å². The number of fused-ring (bicyclic) bond motifs is 6. The molecule has 0 bridgehead atoms. The van der Waals surface area contributed by atoms with Gasteiger partial charge in [-0.05, 0) is 54.3 Å². The SMILES string of the molecule is [B]c1cc(O)c(-c2ccc(-n3c4c([B])c([B])c([B])c(O)c4c4c(O)c(-c5c(O)c([B])c6c(c5O)c5c(O)c([B])c(C)c([B])c5n6-c5c(O)cc([B])cc5O)c([B])c([B])c43)cc2)c(O)c1. The number of phenols is 9. The largest absolute Gasteiger partial charge is 0.508 e. The molecule has 0 amide bonds. The maximum absolute atomic E-state index is 12.5. The maximum atomic E-state index is 12.5. The highest BCUT2D eigenvalue weighted by molar-refractivity contribution is 6.63. The number of aromatic hydroxyl groups is 9. The van der Waals surface area contributed by atoms with E-state index >= 15 is 0 Å². The fourth-order valence-electron chi connectivity index (χ4n) is 8.79. The van der Waals surface area contributed by atoms with Crippen LogP contribution in [0.3, 0.4) is 0 Å². The summed E-state index contributed by atoms with van der Waals surface area (Å²) in [7, 11) is 64.1. The molecule has 21 heteroatoms. The summed E-state index contributed by atoms with van der Waals surface area (Å²) in [4.78, 5) is 0. The van der Waals surface area contributed by atoms with Gasteiger partial charge in [0.25, 0.3) is 0 Å². The highest BCUT2D eigenvalue weighted by Gasteiger charge is 2.34. The third kappa shape index (κ3) is 5.48. The number of benzene rings is 7. The van der Waals surface area contributed by atoms with Crippen LogP contribution < -0.4 is 54.6 Å². The van der Waals surface area contributed by atoms with E-state index in [0.717, 1.165) is 16.7 Å². The average Bonchev–Trinajstić information content (AvgIpc) is 3.78. The molecule has 0 atom stereocenters. The Kier molecular flexibility index (Phi) is 9.42. The van der Waals surface area contributed by atoms with Crippen molar-refractivity contribution >= 4 is 177 Å². The molecule has 0 saturated carbocycles. The van der Waals surface area contributed by atoms with Crippen LogP contribution in [-0.4, -0.2) is 134 Å². The second-order valence-electron chi connectivity index (χ2n) is 15.4. The summed E-state index contributed by atoms with van der Waals surface area (Å²) in [5.41, 5.74) is -3.56. The van der Waals surface area contributed by atoms with E-state index in [1.807, 2.05) is 0 Å². The lowest BCUT2D eigenvalue weighted by Gasteiger charge is -2.21. The van der Waals surface area contributed by atoms with Crippen molar-refractivity contribution in [2.75, 3.05) is 0 Å². The zero-order chi connectivity index (χ0) is 46.4. The first-order chi connectivity index (χ1) is 30.1. The van der Waals surface area contributed by atoms with E-state index in [-0.39, 0.29) is 121 Å². The summed E-state index contributed by atoms with van der Waals surface area (Å²) in [6.07, 6.45) is 0. The van der Waals surface area contributed by atoms with Crippen molar-refractivity contribution in [2.24, 2.45) is 0 Å². The van der Waals surface area contributed by atoms with Gasteiger partial charge in [0.2, 0.25) is 0 Å². The number of phenolic OH excluding ortho intramolecular Hbond substituents is 9. The van der Waals surface area contributed by atoms with Gasteiger partial charge in [-0.3, -0.25) is 0 Å². The topological polar surface area (TPSA) is 192 Å². The molecule has 2 aromatic heterocycles. The quantitative estimate of drug-likeness (QED) is 0.0825. The molecule has 0 fully saturated rings. The van der Waals surface area contributed by atoms with E-state index in [2.05, 4.69) is 0 Å². The number of hydrogen-bond acceptors (Lipinski definition) is 9. The van der Waals surface area contributed by atoms with Gasteiger partial charge in [-0.15, -0.1) is 5.46 Å². The minimum Gasteiger partial charge on any atom is -0.508 e. The predicted molar refractivity (Wildman–Crippen MR) is 260 cm³/mol. The van der Waals surface area contributed by atoms with E-state index in [0.29, 0.717) is 5.56 Å². The van der Waals surface area contributed by atoms with Gasteiger partial charge in [-0.25, -0.2) is 0 Å². The first-order valence-corrected chi connectivity index (χ1v) is 18.9. The van der Waals surface area contributed by atoms with Crippen LogP contribution >= 0.6 is 0 Å². The first kappa shape index (κ1) is 42.3. The second-order valence-corrected chi connectivity index (χ2v) is 15.4. The number of hydrogen-bond donors (Lipinski definition) is 9. The summed E-state index contributed by atoms with van der Waals surface area (Å²) in [5.74, 6) is -5.69. The molecular weight excluding hydrogens is 797 g/mol. The molecule has 20 radical (unpaired) electrons. The lowest BCUT2D eigenvalue weighted by molar-refractivity contribution is 0.447. The number of rotatable bonds is 4. The molecule has 9 rings (SSSR count). The normalized spacial score (nSPS) is 11.8. The fourth-order valence-corrected chi connectivity index (χ4v) is 8.79. The van der Waals surface area contributed by atoms with Crippen LogP contribution in [0.4, 0.5) is 0 Å². The Morgan fingerprint density at radius 1 is 0.359 bits per heavy atom. The highest BCUT2D eigenvalue weighted by atomic mass is 16.3. The standard InChI is InChI=1S/C43H20B10N2O9/c1-10-26(46)35-23(41(62)27(10)47)22-38(55(35)34-17(58)8-13(45)9-18(34)59)33(53)43(64)25(40(22)61)20-28(48)30(50)36-21(39(20)60)24-37(31(51)29(49)32(52)42(24)63)54(36)14-4-2-11(3-5-14)19-15(56)6-12(44)7-16(19)57/h2-9,56-64H,1H3. The monoisotopic (exact) mass is 818 g/mol. The fraction of sp³-hybridized carbons (Fsp3) is 0.0233. The van der Waals surface area contributed by atoms with E-state index in [1.54, 1.807) is 0 Å². The van der Waals surface area contributed by atoms with Crippen molar-refractivity contribution in [3.8, 4) is 85.4 Å². The van der Waals surface area contributed by atoms with Crippen LogP contribution in [-0.2, 0) is 0 Å². The number of nitrogens with zero attached hydrogens (tertiary/aromatic N) is 2. The Morgan fingerprint density at radius 2 is 0.781 bits per heavy atom. The van der Waals surface area contributed by atoms with E-state index in [9.17, 15) is 46.0 Å². The molecule has 9 aromatic rings. The molecule has 0 unspecified atom stereocenters. The molecule has 7 aromatic carbocycles. The Labute approximate surface area is 376 Å². The second kappa shape index (κ2) is 14.3. The lowest BCUT2D eigenvalue weighted by atomic mass is 9.70. The Hall–Kier alpha value is -7.01. The molecule has 64 heavy (non-hydrogen) atoms. The molecule has 2 heterocycles. The van der Waals surface area contributed by atoms with E-state index in [4.69, 9.17) is 78.5 Å². The molecule has 11 nitrogen and oxygen atoms in total. The molecule has 0 spiro atoms. The molecule has 0 aliphatic heterocycles. The summed E-state index contributed by atoms with van der Waals surface area (Å²) in [5, 5.41) is 103. The van der Waals surface area contributed by atoms with E-state index in [1.165, 1.54) is 47.9 Å². The average molecular weight is 817 g/mol. The molecule has 0 aliphatic rings. The lowest BCUT2D eigenvalue weighted by Crippen LogP contribution is -2.40. The summed E-state index contributed by atoms with van der Waals surface area (Å²) in [6.45, 7) is 1.49. The van der Waals surface area contributed by atoms with Crippen LogP contribution in [0, 0.1) is 6.92 Å². The van der Waals surface area contributed by atoms with Crippen molar-refractivity contribution in [3.05, 3.63) is 54.1 Å². The van der Waals surface area contributed by atoms with Gasteiger partial charge >= 0.3 is 0 Å². The first-order valence-electron chi connectivity index (χ1n) is 18.9. The van der Waals surface area contributed by atoms with Crippen molar-refractivity contribution in [2.45, 2.75) is 6.92 Å². The van der Waals surface area contributed by atoms with E-state index < -0.39 is 62.3 Å². The summed E-state index contributed by atoms with van der Waals surface area (Å²) >= 11 is 0. The molecule has 0 saturated heterocycles. The van der Waals surface area contributed by atoms with Gasteiger partial charge in [-0.2, -0.15) is 0 Å². The van der Waals surface area contributed by atoms with Gasteiger partial charge in [0.1, 0.15) is 136 Å². The maximum Gasteiger partial charge on any atom is 0.142 e. The minimum absolute atomic E-state index is 0.0236. The van der Waals surface area contributed by atoms with Crippen molar-refractivity contribution < 1.29 is 46.0 Å². The molecular formula is C43H20B10N2O9. The van der Waals surface area contributed by atoms with Gasteiger partial charge in [0, 0.05) is 11.3 Å². The van der Waals surface area contributed by atoms with Crippen LogP contribution in [0.5, 0.6) is 51.7 Å². The Bertz CT molecular complexity index is 3580. The van der Waals surface area contributed by atoms with Crippen LogP contribution in [0.25, 0.3) is 77.2 Å². The van der Waals surface area contributed by atoms with Gasteiger partial charge in [-0.1, -0.05) is 61.4 Å². The highest BCUT2D eigenvalue weighted by Crippen LogP contribution is 2.52. The third-order valence-corrected chi connectivity index (χ3v) is 11.8.